The van der Waals surface area contributed by atoms with E-state index >= 15 is 0 Å². The number of nitrogens with two attached hydrogens (primary N) is 1. The van der Waals surface area contributed by atoms with Gasteiger partial charge in [0.05, 0.1) is 5.54 Å². The van der Waals surface area contributed by atoms with Gasteiger partial charge >= 0.3 is 0 Å². The molecule has 1 heterocycles. The summed E-state index contributed by atoms with van der Waals surface area (Å²) in [7, 11) is 0. The molecule has 0 spiro atoms. The van der Waals surface area contributed by atoms with Crippen molar-refractivity contribution in [2.24, 2.45) is 5.73 Å². The fraction of sp³-hybridized carbons (Fsp3) is 0.800. The smallest absolute Gasteiger partial charge is 0.170 e. The molecule has 80 valence electrons. The average molecular weight is 196 g/mol. The van der Waals surface area contributed by atoms with Crippen LogP contribution in [0.2, 0.25) is 0 Å². The maximum absolute atomic E-state index is 6.12. The predicted molar refractivity (Wildman–Crippen MR) is 56.9 cm³/mol. The zero-order valence-corrected chi connectivity index (χ0v) is 9.46. The third kappa shape index (κ3) is 2.32. The largest absolute Gasteiger partial charge is 0.319 e. The first-order valence-electron chi connectivity index (χ1n) is 5.19. The number of hydrogen-bond acceptors (Lipinski definition) is 3. The zero-order valence-electron chi connectivity index (χ0n) is 9.46. The molecule has 1 rings (SSSR count). The van der Waals surface area contributed by atoms with Crippen LogP contribution in [0.1, 0.15) is 58.1 Å². The minimum absolute atomic E-state index is 0.369. The highest BCUT2D eigenvalue weighted by atomic mass is 15.2. The van der Waals surface area contributed by atoms with E-state index in [4.69, 9.17) is 5.73 Å². The Morgan fingerprint density at radius 2 is 2.14 bits per heavy atom. The van der Waals surface area contributed by atoms with Crippen LogP contribution in [0.5, 0.6) is 0 Å². The van der Waals surface area contributed by atoms with E-state index in [1.54, 1.807) is 0 Å². The lowest BCUT2D eigenvalue weighted by Crippen LogP contribution is -2.34. The van der Waals surface area contributed by atoms with E-state index in [0.717, 1.165) is 24.5 Å². The molecule has 14 heavy (non-hydrogen) atoms. The van der Waals surface area contributed by atoms with E-state index in [0.29, 0.717) is 5.92 Å². The summed E-state index contributed by atoms with van der Waals surface area (Å²) in [4.78, 5) is 4.41. The first-order valence-corrected chi connectivity index (χ1v) is 5.19. The minimum atomic E-state index is -0.404. The highest BCUT2D eigenvalue weighted by Gasteiger charge is 2.25. The van der Waals surface area contributed by atoms with Crippen LogP contribution in [0.25, 0.3) is 0 Å². The van der Waals surface area contributed by atoms with Crippen LogP contribution >= 0.6 is 0 Å². The second-order valence-electron chi connectivity index (χ2n) is 4.37. The lowest BCUT2D eigenvalue weighted by Gasteiger charge is -2.19. The van der Waals surface area contributed by atoms with Crippen molar-refractivity contribution in [1.29, 1.82) is 0 Å². The molecule has 0 saturated carbocycles. The maximum atomic E-state index is 6.12. The van der Waals surface area contributed by atoms with E-state index in [1.807, 2.05) is 6.92 Å². The molecule has 0 saturated heterocycles. The van der Waals surface area contributed by atoms with E-state index in [2.05, 4.69) is 36.0 Å². The summed E-state index contributed by atoms with van der Waals surface area (Å²) in [5.74, 6) is 2.00. The zero-order chi connectivity index (χ0) is 10.8. The second kappa shape index (κ2) is 4.09. The van der Waals surface area contributed by atoms with E-state index < -0.39 is 5.54 Å². The summed E-state index contributed by atoms with van der Waals surface area (Å²) in [6.07, 6.45) is 1.95. The van der Waals surface area contributed by atoms with Crippen molar-refractivity contribution in [2.75, 3.05) is 0 Å². The highest BCUT2D eigenvalue weighted by Crippen LogP contribution is 2.20. The van der Waals surface area contributed by atoms with Crippen molar-refractivity contribution in [1.82, 2.24) is 15.2 Å². The Kier molecular flexibility index (Phi) is 3.26. The number of aromatic nitrogens is 3. The van der Waals surface area contributed by atoms with Gasteiger partial charge in [-0.1, -0.05) is 27.2 Å². The van der Waals surface area contributed by atoms with Gasteiger partial charge in [-0.25, -0.2) is 4.98 Å². The molecule has 0 aliphatic heterocycles. The van der Waals surface area contributed by atoms with Crippen molar-refractivity contribution in [3.05, 3.63) is 11.6 Å². The van der Waals surface area contributed by atoms with Crippen molar-refractivity contribution in [3.63, 3.8) is 0 Å². The molecule has 0 aliphatic carbocycles. The maximum Gasteiger partial charge on any atom is 0.170 e. The van der Waals surface area contributed by atoms with Gasteiger partial charge in [0.15, 0.2) is 5.82 Å². The van der Waals surface area contributed by atoms with Crippen molar-refractivity contribution < 1.29 is 0 Å². The summed E-state index contributed by atoms with van der Waals surface area (Å²) in [6, 6.07) is 0. The quantitative estimate of drug-likeness (QED) is 0.772. The monoisotopic (exact) mass is 196 g/mol. The molecule has 0 aliphatic rings. The van der Waals surface area contributed by atoms with Crippen molar-refractivity contribution in [3.8, 4) is 0 Å². The Labute approximate surface area is 85.3 Å². The summed E-state index contributed by atoms with van der Waals surface area (Å²) < 4.78 is 0. The molecular weight excluding hydrogens is 176 g/mol. The molecule has 0 fully saturated rings. The Balaban J connectivity index is 2.85. The Bertz CT molecular complexity index is 288. The number of nitrogens with one attached hydrogen (secondary N) is 1. The van der Waals surface area contributed by atoms with Gasteiger partial charge in [-0.2, -0.15) is 5.10 Å². The summed E-state index contributed by atoms with van der Waals surface area (Å²) in [5, 5.41) is 7.10. The first-order chi connectivity index (χ1) is 6.47. The van der Waals surface area contributed by atoms with E-state index in [-0.39, 0.29) is 0 Å². The molecule has 0 radical (unpaired) electrons. The van der Waals surface area contributed by atoms with Gasteiger partial charge in [0.2, 0.25) is 0 Å². The van der Waals surface area contributed by atoms with Crippen LogP contribution in [0, 0.1) is 0 Å². The normalized spacial score (nSPS) is 15.9. The third-order valence-corrected chi connectivity index (χ3v) is 2.33. The fourth-order valence-electron chi connectivity index (χ4n) is 1.42. The third-order valence-electron chi connectivity index (χ3n) is 2.33. The van der Waals surface area contributed by atoms with Gasteiger partial charge < -0.3 is 5.73 Å². The number of H-pyrrole nitrogens is 1. The predicted octanol–water partition coefficient (Wildman–Crippen LogP) is 1.90. The summed E-state index contributed by atoms with van der Waals surface area (Å²) in [6.45, 7) is 8.25. The minimum Gasteiger partial charge on any atom is -0.319 e. The molecule has 0 bridgehead atoms. The van der Waals surface area contributed by atoms with E-state index in [1.165, 1.54) is 0 Å². The second-order valence-corrected chi connectivity index (χ2v) is 4.37. The lowest BCUT2D eigenvalue weighted by atomic mass is 9.97. The molecule has 4 heteroatoms. The molecule has 0 aromatic carbocycles. The lowest BCUT2D eigenvalue weighted by molar-refractivity contribution is 0.421. The summed E-state index contributed by atoms with van der Waals surface area (Å²) >= 11 is 0. The van der Waals surface area contributed by atoms with Crippen molar-refractivity contribution >= 4 is 0 Å². The molecule has 4 nitrogen and oxygen atoms in total. The van der Waals surface area contributed by atoms with Crippen LogP contribution < -0.4 is 5.73 Å². The van der Waals surface area contributed by atoms with Crippen LogP contribution in [0.4, 0.5) is 0 Å². The van der Waals surface area contributed by atoms with Gasteiger partial charge in [0, 0.05) is 5.92 Å². The SMILES string of the molecule is CCCC(C)(N)c1n[nH]c(C(C)C)n1. The molecule has 1 aromatic heterocycles. The number of nitrogens with zero attached hydrogens (tertiary/aromatic N) is 2. The average Bonchev–Trinajstić information content (AvgIpc) is 2.51. The molecule has 0 amide bonds. The fourth-order valence-corrected chi connectivity index (χ4v) is 1.42. The molecular formula is C10H20N4. The molecule has 1 unspecified atom stereocenters. The van der Waals surface area contributed by atoms with Crippen molar-refractivity contribution in [2.45, 2.75) is 52.0 Å². The van der Waals surface area contributed by atoms with Crippen LogP contribution in [-0.4, -0.2) is 15.2 Å². The Morgan fingerprint density at radius 3 is 2.57 bits per heavy atom. The summed E-state index contributed by atoms with van der Waals surface area (Å²) in [5.41, 5.74) is 5.71. The standard InChI is InChI=1S/C10H20N4/c1-5-6-10(4,11)9-12-8(7(2)3)13-14-9/h7H,5-6,11H2,1-4H3,(H,12,13,14). The van der Waals surface area contributed by atoms with Gasteiger partial charge in [0.1, 0.15) is 5.82 Å². The van der Waals surface area contributed by atoms with Crippen LogP contribution in [0.15, 0.2) is 0 Å². The molecule has 1 atom stereocenters. The van der Waals surface area contributed by atoms with Gasteiger partial charge in [-0.15, -0.1) is 0 Å². The highest BCUT2D eigenvalue weighted by molar-refractivity contribution is 5.04. The topological polar surface area (TPSA) is 67.6 Å². The number of rotatable bonds is 4. The Morgan fingerprint density at radius 1 is 1.50 bits per heavy atom. The van der Waals surface area contributed by atoms with Crippen LogP contribution in [0.3, 0.4) is 0 Å². The van der Waals surface area contributed by atoms with Gasteiger partial charge in [-0.05, 0) is 13.3 Å². The van der Waals surface area contributed by atoms with E-state index in [9.17, 15) is 0 Å². The van der Waals surface area contributed by atoms with Crippen LogP contribution in [-0.2, 0) is 5.54 Å². The number of aromatic amines is 1. The number of hydrogen-bond donors (Lipinski definition) is 2. The van der Waals surface area contributed by atoms with Gasteiger partial charge in [0.25, 0.3) is 0 Å². The Hall–Kier alpha value is -0.900. The molecule has 3 N–H and O–H groups in total. The van der Waals surface area contributed by atoms with Gasteiger partial charge in [-0.3, -0.25) is 5.10 Å². The first kappa shape index (κ1) is 11.2. The molecule has 1 aromatic rings.